The summed E-state index contributed by atoms with van der Waals surface area (Å²) in [4.78, 5) is 4.75. The van der Waals surface area contributed by atoms with Gasteiger partial charge in [0.1, 0.15) is 0 Å². The molecule has 0 saturated carbocycles. The Labute approximate surface area is 162 Å². The van der Waals surface area contributed by atoms with Crippen LogP contribution < -0.4 is 26.2 Å². The van der Waals surface area contributed by atoms with E-state index in [4.69, 9.17) is 0 Å². The van der Waals surface area contributed by atoms with Crippen molar-refractivity contribution in [2.24, 2.45) is 0 Å². The number of fused-ring (bicyclic) bond motifs is 4. The van der Waals surface area contributed by atoms with E-state index in [-0.39, 0.29) is 12.1 Å². The van der Waals surface area contributed by atoms with Crippen molar-refractivity contribution in [2.45, 2.75) is 26.2 Å². The van der Waals surface area contributed by atoms with Crippen molar-refractivity contribution in [1.29, 1.82) is 0 Å². The van der Waals surface area contributed by atoms with Crippen LogP contribution in [0.15, 0.2) is 60.7 Å². The van der Waals surface area contributed by atoms with Crippen LogP contribution in [0.1, 0.15) is 26.3 Å². The quantitative estimate of drug-likeness (QED) is 0.570. The Kier molecular flexibility index (Phi) is 3.31. The molecule has 0 fully saturated rings. The molecule has 0 amide bonds. The zero-order valence-electron chi connectivity index (χ0n) is 16.7. The molecule has 0 radical (unpaired) electrons. The van der Waals surface area contributed by atoms with E-state index in [1.165, 1.54) is 44.7 Å². The highest BCUT2D eigenvalue weighted by atomic mass is 15.1. The molecular weight excluding hydrogens is 327 g/mol. The van der Waals surface area contributed by atoms with Gasteiger partial charge in [-0.2, -0.15) is 0 Å². The smallest absolute Gasteiger partial charge is 0.252 e. The maximum Gasteiger partial charge on any atom is 0.252 e. The zero-order chi connectivity index (χ0) is 18.9. The largest absolute Gasteiger partial charge is 0.345 e. The minimum absolute atomic E-state index is 0.0969. The van der Waals surface area contributed by atoms with Gasteiger partial charge in [0.25, 0.3) is 6.71 Å². The average molecular weight is 352 g/mol. The number of nitrogens with zero attached hydrogens (tertiary/aromatic N) is 2. The zero-order valence-corrected chi connectivity index (χ0v) is 16.7. The fourth-order valence-corrected chi connectivity index (χ4v) is 4.96. The van der Waals surface area contributed by atoms with Crippen molar-refractivity contribution >= 4 is 45.9 Å². The van der Waals surface area contributed by atoms with E-state index in [2.05, 4.69) is 105 Å². The van der Waals surface area contributed by atoms with Crippen LogP contribution in [0, 0.1) is 0 Å². The lowest BCUT2D eigenvalue weighted by Crippen LogP contribution is -2.61. The van der Waals surface area contributed by atoms with E-state index >= 15 is 0 Å². The van der Waals surface area contributed by atoms with Crippen LogP contribution in [-0.2, 0) is 5.41 Å². The first kappa shape index (κ1) is 16.5. The standard InChI is InChI=1S/C24H25BN2/c1-24(2,3)16-10-8-12-18-23(16)27(5)21-15-9-14-20-22(21)25(18)17-11-6-7-13-19(17)26(20)4/h6-15H,1-5H3. The Balaban J connectivity index is 1.90. The Hall–Kier alpha value is -2.68. The molecule has 27 heavy (non-hydrogen) atoms. The van der Waals surface area contributed by atoms with Crippen molar-refractivity contribution in [1.82, 2.24) is 0 Å². The van der Waals surface area contributed by atoms with Gasteiger partial charge >= 0.3 is 0 Å². The Morgan fingerprint density at radius 2 is 1.26 bits per heavy atom. The molecule has 3 aromatic carbocycles. The molecule has 2 aliphatic heterocycles. The summed E-state index contributed by atoms with van der Waals surface area (Å²) in [6.07, 6.45) is 0. The summed E-state index contributed by atoms with van der Waals surface area (Å²) in [5, 5.41) is 0. The van der Waals surface area contributed by atoms with E-state index in [1.54, 1.807) is 0 Å². The van der Waals surface area contributed by atoms with Gasteiger partial charge in [0.15, 0.2) is 0 Å². The van der Waals surface area contributed by atoms with Gasteiger partial charge in [-0.25, -0.2) is 0 Å². The van der Waals surface area contributed by atoms with Crippen LogP contribution >= 0.6 is 0 Å². The number of para-hydroxylation sites is 2. The molecule has 0 spiro atoms. The molecule has 0 atom stereocenters. The Morgan fingerprint density at radius 1 is 0.667 bits per heavy atom. The van der Waals surface area contributed by atoms with Crippen LogP contribution in [0.3, 0.4) is 0 Å². The highest BCUT2D eigenvalue weighted by Crippen LogP contribution is 2.39. The van der Waals surface area contributed by atoms with Crippen LogP contribution in [0.4, 0.5) is 22.7 Å². The van der Waals surface area contributed by atoms with Gasteiger partial charge < -0.3 is 9.80 Å². The monoisotopic (exact) mass is 352 g/mol. The Bertz CT molecular complexity index is 1060. The summed E-state index contributed by atoms with van der Waals surface area (Å²) in [7, 11) is 4.41. The summed E-state index contributed by atoms with van der Waals surface area (Å²) < 4.78 is 0. The normalized spacial score (nSPS) is 14.6. The SMILES string of the molecule is CN1c2ccccc2B2c3cccc(C(C)(C)C)c3N(C)c3cccc1c32. The van der Waals surface area contributed by atoms with E-state index in [0.717, 1.165) is 0 Å². The van der Waals surface area contributed by atoms with Crippen molar-refractivity contribution in [2.75, 3.05) is 23.9 Å². The minimum Gasteiger partial charge on any atom is -0.345 e. The van der Waals surface area contributed by atoms with Crippen LogP contribution in [0.2, 0.25) is 0 Å². The molecular formula is C24H25BN2. The summed E-state index contributed by atoms with van der Waals surface area (Å²) >= 11 is 0. The first-order valence-electron chi connectivity index (χ1n) is 9.72. The number of hydrogen-bond acceptors (Lipinski definition) is 2. The molecule has 3 aromatic rings. The van der Waals surface area contributed by atoms with Crippen LogP contribution in [0.25, 0.3) is 0 Å². The van der Waals surface area contributed by atoms with Crippen molar-refractivity contribution in [3.8, 4) is 0 Å². The second kappa shape index (κ2) is 5.42. The number of hydrogen-bond donors (Lipinski definition) is 0. The molecule has 0 aromatic heterocycles. The van der Waals surface area contributed by atoms with Gasteiger partial charge in [-0.05, 0) is 45.6 Å². The fourth-order valence-electron chi connectivity index (χ4n) is 4.96. The molecule has 0 N–H and O–H groups in total. The third kappa shape index (κ3) is 2.14. The maximum atomic E-state index is 2.41. The first-order chi connectivity index (χ1) is 12.9. The highest BCUT2D eigenvalue weighted by molar-refractivity contribution is 7.00. The number of anilines is 4. The van der Waals surface area contributed by atoms with Crippen molar-refractivity contribution in [3.05, 3.63) is 66.2 Å². The predicted molar refractivity (Wildman–Crippen MR) is 119 cm³/mol. The molecule has 0 bridgehead atoms. The molecule has 2 nitrogen and oxygen atoms in total. The lowest BCUT2D eigenvalue weighted by atomic mass is 9.33. The van der Waals surface area contributed by atoms with Gasteiger partial charge in [0.2, 0.25) is 0 Å². The molecule has 0 saturated heterocycles. The molecule has 0 unspecified atom stereocenters. The van der Waals surface area contributed by atoms with E-state index in [1.807, 2.05) is 0 Å². The second-order valence-corrected chi connectivity index (χ2v) is 8.81. The van der Waals surface area contributed by atoms with E-state index in [0.29, 0.717) is 0 Å². The number of rotatable bonds is 0. The average Bonchev–Trinajstić information content (AvgIpc) is 2.66. The summed E-state index contributed by atoms with van der Waals surface area (Å²) in [5.74, 6) is 0. The Morgan fingerprint density at radius 3 is 2.00 bits per heavy atom. The van der Waals surface area contributed by atoms with Crippen molar-refractivity contribution in [3.63, 3.8) is 0 Å². The molecule has 5 rings (SSSR count). The lowest BCUT2D eigenvalue weighted by Gasteiger charge is -2.43. The molecule has 2 aliphatic rings. The van der Waals surface area contributed by atoms with Gasteiger partial charge in [-0.15, -0.1) is 0 Å². The van der Waals surface area contributed by atoms with Gasteiger partial charge in [0, 0.05) is 36.8 Å². The second-order valence-electron chi connectivity index (χ2n) is 8.81. The third-order valence-corrected chi connectivity index (χ3v) is 6.20. The highest BCUT2D eigenvalue weighted by Gasteiger charge is 2.41. The van der Waals surface area contributed by atoms with Crippen LogP contribution in [-0.4, -0.2) is 20.8 Å². The maximum absolute atomic E-state index is 2.41. The summed E-state index contributed by atoms with van der Waals surface area (Å²) in [5.41, 5.74) is 11.1. The third-order valence-electron chi connectivity index (χ3n) is 6.20. The minimum atomic E-state index is 0.0969. The first-order valence-corrected chi connectivity index (χ1v) is 9.72. The van der Waals surface area contributed by atoms with E-state index < -0.39 is 0 Å². The van der Waals surface area contributed by atoms with Gasteiger partial charge in [-0.1, -0.05) is 63.2 Å². The van der Waals surface area contributed by atoms with Gasteiger partial charge in [-0.3, -0.25) is 0 Å². The summed E-state index contributed by atoms with van der Waals surface area (Å²) in [6, 6.07) is 22.4. The molecule has 134 valence electrons. The lowest BCUT2D eigenvalue weighted by molar-refractivity contribution is 0.591. The molecule has 0 aliphatic carbocycles. The topological polar surface area (TPSA) is 6.48 Å². The predicted octanol–water partition coefficient (Wildman–Crippen LogP) is 3.66. The number of benzene rings is 3. The summed E-state index contributed by atoms with van der Waals surface area (Å²) in [6.45, 7) is 7.22. The fraction of sp³-hybridized carbons (Fsp3) is 0.250. The molecule has 3 heteroatoms. The van der Waals surface area contributed by atoms with Gasteiger partial charge in [0.05, 0.1) is 0 Å². The van der Waals surface area contributed by atoms with E-state index in [9.17, 15) is 0 Å². The van der Waals surface area contributed by atoms with Crippen LogP contribution in [0.5, 0.6) is 0 Å². The molecule has 2 heterocycles. The van der Waals surface area contributed by atoms with Crippen molar-refractivity contribution < 1.29 is 0 Å².